The average molecular weight is 451 g/mol. The van der Waals surface area contributed by atoms with Gasteiger partial charge in [0.15, 0.2) is 0 Å². The summed E-state index contributed by atoms with van der Waals surface area (Å²) in [6.45, 7) is 6.86. The second-order valence-electron chi connectivity index (χ2n) is 9.00. The second-order valence-corrected chi connectivity index (χ2v) is 9.00. The third-order valence-electron chi connectivity index (χ3n) is 6.69. The first kappa shape index (κ1) is 22.1. The van der Waals surface area contributed by atoms with Crippen molar-refractivity contribution in [1.82, 2.24) is 20.0 Å². The highest BCUT2D eigenvalue weighted by atomic mass is 16.1. The van der Waals surface area contributed by atoms with Gasteiger partial charge in [-0.1, -0.05) is 66.7 Å². The maximum Gasteiger partial charge on any atom is 0.252 e. The first-order chi connectivity index (χ1) is 16.6. The Morgan fingerprint density at radius 2 is 1.62 bits per heavy atom. The summed E-state index contributed by atoms with van der Waals surface area (Å²) in [5.74, 6) is -0.00411. The Labute approximate surface area is 201 Å². The third kappa shape index (κ3) is 4.52. The van der Waals surface area contributed by atoms with Gasteiger partial charge in [0.2, 0.25) is 0 Å². The molecule has 1 atom stereocenters. The predicted molar refractivity (Wildman–Crippen MR) is 136 cm³/mol. The van der Waals surface area contributed by atoms with Gasteiger partial charge in [-0.3, -0.25) is 9.69 Å². The zero-order valence-corrected chi connectivity index (χ0v) is 19.7. The minimum atomic E-state index is -0.00411. The van der Waals surface area contributed by atoms with Crippen molar-refractivity contribution in [2.75, 3.05) is 13.1 Å². The van der Waals surface area contributed by atoms with Gasteiger partial charge in [0.25, 0.3) is 5.91 Å². The molecule has 0 bridgehead atoms. The molecule has 3 aromatic carbocycles. The number of nitrogens with one attached hydrogen (secondary N) is 1. The van der Waals surface area contributed by atoms with E-state index in [0.717, 1.165) is 54.1 Å². The van der Waals surface area contributed by atoms with Crippen LogP contribution in [0.15, 0.2) is 84.9 Å². The van der Waals surface area contributed by atoms with Crippen LogP contribution in [0, 0.1) is 13.8 Å². The van der Waals surface area contributed by atoms with Crippen LogP contribution in [0.1, 0.15) is 33.7 Å². The first-order valence-corrected chi connectivity index (χ1v) is 11.9. The van der Waals surface area contributed by atoms with Crippen LogP contribution in [0.4, 0.5) is 0 Å². The Morgan fingerprint density at radius 3 is 2.38 bits per heavy atom. The van der Waals surface area contributed by atoms with E-state index >= 15 is 0 Å². The number of benzene rings is 3. The second kappa shape index (κ2) is 9.65. The highest BCUT2D eigenvalue weighted by molar-refractivity contribution is 6.01. The van der Waals surface area contributed by atoms with Crippen molar-refractivity contribution in [2.45, 2.75) is 32.9 Å². The minimum Gasteiger partial charge on any atom is -0.348 e. The summed E-state index contributed by atoms with van der Waals surface area (Å²) in [5, 5.41) is 8.07. The summed E-state index contributed by atoms with van der Waals surface area (Å²) in [6.07, 6.45) is 0.949. The number of nitrogens with zero attached hydrogens (tertiary/aromatic N) is 3. The summed E-state index contributed by atoms with van der Waals surface area (Å²) >= 11 is 0. The van der Waals surface area contributed by atoms with E-state index in [4.69, 9.17) is 5.10 Å². The summed E-state index contributed by atoms with van der Waals surface area (Å²) in [5.41, 5.74) is 7.34. The lowest BCUT2D eigenvalue weighted by Crippen LogP contribution is -2.37. The van der Waals surface area contributed by atoms with Gasteiger partial charge in [-0.2, -0.15) is 5.10 Å². The smallest absolute Gasteiger partial charge is 0.252 e. The molecular formula is C29H30N4O. The summed E-state index contributed by atoms with van der Waals surface area (Å²) in [6, 6.07) is 28.3. The fourth-order valence-electron chi connectivity index (χ4n) is 4.86. The van der Waals surface area contributed by atoms with Gasteiger partial charge >= 0.3 is 0 Å². The maximum atomic E-state index is 13.2. The van der Waals surface area contributed by atoms with Crippen LogP contribution in [-0.2, 0) is 6.54 Å². The average Bonchev–Trinajstić information content (AvgIpc) is 3.44. The van der Waals surface area contributed by atoms with Gasteiger partial charge in [0.05, 0.1) is 11.4 Å². The van der Waals surface area contributed by atoms with Crippen LogP contribution >= 0.6 is 0 Å². The Hall–Kier alpha value is -3.70. The summed E-state index contributed by atoms with van der Waals surface area (Å²) in [7, 11) is 0. The number of hydrogen-bond donors (Lipinski definition) is 1. The number of aryl methyl sites for hydroxylation is 1. The number of aromatic nitrogens is 2. The number of para-hydroxylation sites is 1. The zero-order valence-electron chi connectivity index (χ0n) is 19.7. The number of rotatable bonds is 6. The van der Waals surface area contributed by atoms with Crippen molar-refractivity contribution in [3.63, 3.8) is 0 Å². The Morgan fingerprint density at radius 1 is 0.941 bits per heavy atom. The molecule has 5 nitrogen and oxygen atoms in total. The van der Waals surface area contributed by atoms with E-state index in [1.54, 1.807) is 0 Å². The number of hydrogen-bond acceptors (Lipinski definition) is 3. The first-order valence-electron chi connectivity index (χ1n) is 11.9. The van der Waals surface area contributed by atoms with Crippen molar-refractivity contribution >= 4 is 5.91 Å². The van der Waals surface area contributed by atoms with E-state index in [1.165, 1.54) is 11.3 Å². The van der Waals surface area contributed by atoms with Crippen molar-refractivity contribution < 1.29 is 4.79 Å². The molecule has 1 aliphatic heterocycles. The van der Waals surface area contributed by atoms with Crippen molar-refractivity contribution in [2.24, 2.45) is 0 Å². The monoisotopic (exact) mass is 450 g/mol. The highest BCUT2D eigenvalue weighted by Crippen LogP contribution is 2.25. The van der Waals surface area contributed by atoms with Gasteiger partial charge < -0.3 is 5.32 Å². The molecule has 1 aromatic heterocycles. The third-order valence-corrected chi connectivity index (χ3v) is 6.69. The molecule has 34 heavy (non-hydrogen) atoms. The number of amides is 1. The molecule has 1 saturated heterocycles. The van der Waals surface area contributed by atoms with E-state index in [-0.39, 0.29) is 11.9 Å². The molecule has 4 aromatic rings. The van der Waals surface area contributed by atoms with Crippen LogP contribution < -0.4 is 5.32 Å². The number of carbonyl (C=O) groups is 1. The van der Waals surface area contributed by atoms with Crippen molar-refractivity contribution in [3.8, 4) is 16.8 Å². The molecule has 0 aliphatic carbocycles. The van der Waals surface area contributed by atoms with E-state index in [1.807, 2.05) is 77.5 Å². The molecule has 1 aliphatic rings. The van der Waals surface area contributed by atoms with Crippen LogP contribution in [0.3, 0.4) is 0 Å². The Kier molecular flexibility index (Phi) is 6.28. The highest BCUT2D eigenvalue weighted by Gasteiger charge is 2.26. The lowest BCUT2D eigenvalue weighted by molar-refractivity contribution is 0.0938. The van der Waals surface area contributed by atoms with Crippen LogP contribution in [0.2, 0.25) is 0 Å². The van der Waals surface area contributed by atoms with E-state index < -0.39 is 0 Å². The predicted octanol–water partition coefficient (Wildman–Crippen LogP) is 5.16. The molecule has 1 fully saturated rings. The van der Waals surface area contributed by atoms with Gasteiger partial charge in [-0.15, -0.1) is 0 Å². The van der Waals surface area contributed by atoms with Crippen molar-refractivity contribution in [3.05, 3.63) is 107 Å². The van der Waals surface area contributed by atoms with Gasteiger partial charge in [0.1, 0.15) is 0 Å². The van der Waals surface area contributed by atoms with Crippen molar-refractivity contribution in [1.29, 1.82) is 0 Å². The summed E-state index contributed by atoms with van der Waals surface area (Å²) in [4.78, 5) is 15.6. The quantitative estimate of drug-likeness (QED) is 0.441. The van der Waals surface area contributed by atoms with Crippen LogP contribution in [0.5, 0.6) is 0 Å². The van der Waals surface area contributed by atoms with E-state index in [0.29, 0.717) is 0 Å². The molecule has 172 valence electrons. The Bertz CT molecular complexity index is 1280. The minimum absolute atomic E-state index is 0.00411. The lowest BCUT2D eigenvalue weighted by Gasteiger charge is -2.18. The zero-order chi connectivity index (χ0) is 23.5. The molecular weight excluding hydrogens is 420 g/mol. The molecule has 1 amide bonds. The number of likely N-dealkylation sites (tertiary alicyclic amines) is 1. The van der Waals surface area contributed by atoms with Gasteiger partial charge in [-0.25, -0.2) is 4.68 Å². The largest absolute Gasteiger partial charge is 0.348 e. The number of carbonyl (C=O) groups excluding carboxylic acids is 1. The SMILES string of the molecule is Cc1nn(-c2ccccc2)c(C)c1CN1CCC(NC(=O)c2ccccc2-c2ccccc2)C1. The summed E-state index contributed by atoms with van der Waals surface area (Å²) < 4.78 is 2.03. The normalized spacial score (nSPS) is 16.0. The molecule has 0 radical (unpaired) electrons. The molecule has 0 saturated carbocycles. The molecule has 5 heteroatoms. The Balaban J connectivity index is 1.26. The van der Waals surface area contributed by atoms with E-state index in [9.17, 15) is 4.79 Å². The molecule has 2 heterocycles. The van der Waals surface area contributed by atoms with E-state index in [2.05, 4.69) is 36.2 Å². The van der Waals surface area contributed by atoms with Gasteiger partial charge in [-0.05, 0) is 49.6 Å². The van der Waals surface area contributed by atoms with Crippen LogP contribution in [0.25, 0.3) is 16.8 Å². The topological polar surface area (TPSA) is 50.2 Å². The molecule has 5 rings (SSSR count). The fraction of sp³-hybridized carbons (Fsp3) is 0.241. The lowest BCUT2D eigenvalue weighted by atomic mass is 9.99. The molecule has 1 N–H and O–H groups in total. The fourth-order valence-corrected chi connectivity index (χ4v) is 4.86. The standard InChI is InChI=1S/C29H30N4O/c1-21-28(22(2)33(31-21)25-13-7-4-8-14-25)20-32-18-17-24(19-32)30-29(34)27-16-10-9-15-26(27)23-11-5-3-6-12-23/h3-16,24H,17-20H2,1-2H3,(H,30,34). The molecule has 1 unspecified atom stereocenters. The molecule has 0 spiro atoms. The van der Waals surface area contributed by atoms with Gasteiger partial charge in [0, 0.05) is 42.5 Å². The van der Waals surface area contributed by atoms with Crippen LogP contribution in [-0.4, -0.2) is 39.7 Å². The maximum absolute atomic E-state index is 13.2.